The van der Waals surface area contributed by atoms with Crippen molar-refractivity contribution in [3.8, 4) is 0 Å². The number of hydrogen-bond donors (Lipinski definition) is 1. The summed E-state index contributed by atoms with van der Waals surface area (Å²) >= 11 is 1.73. The van der Waals surface area contributed by atoms with E-state index in [4.69, 9.17) is 5.11 Å². The summed E-state index contributed by atoms with van der Waals surface area (Å²) in [7, 11) is 0. The molecule has 1 aromatic rings. The Kier molecular flexibility index (Phi) is 5.12. The zero-order chi connectivity index (χ0) is 12.0. The van der Waals surface area contributed by atoms with E-state index in [-0.39, 0.29) is 0 Å². The number of aryl methyl sites for hydroxylation is 1. The number of benzene rings is 1. The van der Waals surface area contributed by atoms with Crippen molar-refractivity contribution in [3.05, 3.63) is 47.0 Å². The summed E-state index contributed by atoms with van der Waals surface area (Å²) in [6.07, 6.45) is 1.27. The molecule has 0 atom stereocenters. The van der Waals surface area contributed by atoms with Crippen molar-refractivity contribution in [1.29, 1.82) is 0 Å². The third-order valence-corrected chi connectivity index (χ3v) is 3.25. The Bertz CT molecular complexity index is 397. The van der Waals surface area contributed by atoms with Gasteiger partial charge in [0.05, 0.1) is 0 Å². The summed E-state index contributed by atoms with van der Waals surface area (Å²) in [5, 5.41) is 8.55. The molecule has 1 N–H and O–H groups in total. The van der Waals surface area contributed by atoms with Crippen molar-refractivity contribution in [3.63, 3.8) is 0 Å². The Morgan fingerprint density at radius 1 is 1.50 bits per heavy atom. The molecule has 0 aliphatic heterocycles. The predicted octanol–water partition coefficient (Wildman–Crippen LogP) is 3.26. The van der Waals surface area contributed by atoms with E-state index >= 15 is 0 Å². The van der Waals surface area contributed by atoms with Crippen LogP contribution in [0.25, 0.3) is 0 Å². The van der Waals surface area contributed by atoms with Crippen LogP contribution in [0.4, 0.5) is 0 Å². The standard InChI is InChI=1S/C13H16O2S/c1-10-4-3-5-12(6-10)9-16-8-11(2)7-13(14)15/h3-7H,8-9H2,1-2H3,(H,14,15). The van der Waals surface area contributed by atoms with Crippen LogP contribution in [0.1, 0.15) is 18.1 Å². The largest absolute Gasteiger partial charge is 0.478 e. The van der Waals surface area contributed by atoms with Gasteiger partial charge in [-0.2, -0.15) is 11.8 Å². The molecule has 3 heteroatoms. The molecule has 0 radical (unpaired) electrons. The van der Waals surface area contributed by atoms with Gasteiger partial charge in [-0.15, -0.1) is 0 Å². The number of carboxylic acid groups (broad SMARTS) is 1. The highest BCUT2D eigenvalue weighted by Crippen LogP contribution is 2.15. The van der Waals surface area contributed by atoms with Gasteiger partial charge in [0.2, 0.25) is 0 Å². The number of aliphatic carboxylic acids is 1. The maximum absolute atomic E-state index is 10.4. The first-order valence-electron chi connectivity index (χ1n) is 5.11. The molecule has 1 aromatic carbocycles. The fraction of sp³-hybridized carbons (Fsp3) is 0.308. The molecule has 0 saturated carbocycles. The van der Waals surface area contributed by atoms with Gasteiger partial charge in [0.1, 0.15) is 0 Å². The molecule has 0 bridgehead atoms. The SMILES string of the molecule is CC(=CC(=O)O)CSCc1cccc(C)c1. The number of carboxylic acids is 1. The van der Waals surface area contributed by atoms with E-state index in [1.165, 1.54) is 17.2 Å². The first kappa shape index (κ1) is 12.8. The van der Waals surface area contributed by atoms with Crippen LogP contribution in [0, 0.1) is 6.92 Å². The van der Waals surface area contributed by atoms with E-state index in [9.17, 15) is 4.79 Å². The fourth-order valence-electron chi connectivity index (χ4n) is 1.38. The zero-order valence-corrected chi connectivity index (χ0v) is 10.4. The van der Waals surface area contributed by atoms with Crippen molar-refractivity contribution >= 4 is 17.7 Å². The minimum atomic E-state index is -0.867. The molecule has 2 nitrogen and oxygen atoms in total. The average Bonchev–Trinajstić information content (AvgIpc) is 2.16. The van der Waals surface area contributed by atoms with Gasteiger partial charge in [0.25, 0.3) is 0 Å². The van der Waals surface area contributed by atoms with Crippen LogP contribution in [0.2, 0.25) is 0 Å². The third-order valence-electron chi connectivity index (χ3n) is 2.05. The quantitative estimate of drug-likeness (QED) is 0.797. The Labute approximate surface area is 100 Å². The third kappa shape index (κ3) is 5.03. The van der Waals surface area contributed by atoms with Gasteiger partial charge in [0, 0.05) is 17.6 Å². The Morgan fingerprint density at radius 2 is 2.25 bits per heavy atom. The molecule has 0 aromatic heterocycles. The highest BCUT2D eigenvalue weighted by atomic mass is 32.2. The van der Waals surface area contributed by atoms with Gasteiger partial charge in [-0.1, -0.05) is 35.4 Å². The summed E-state index contributed by atoms with van der Waals surface area (Å²) in [5.41, 5.74) is 3.44. The van der Waals surface area contributed by atoms with E-state index in [0.717, 1.165) is 17.1 Å². The highest BCUT2D eigenvalue weighted by molar-refractivity contribution is 7.98. The van der Waals surface area contributed by atoms with Crippen LogP contribution in [-0.2, 0) is 10.5 Å². The summed E-state index contributed by atoms with van der Waals surface area (Å²) in [6, 6.07) is 8.37. The van der Waals surface area contributed by atoms with Gasteiger partial charge in [-0.3, -0.25) is 0 Å². The second-order valence-electron chi connectivity index (χ2n) is 3.81. The number of thioether (sulfide) groups is 1. The van der Waals surface area contributed by atoms with Gasteiger partial charge >= 0.3 is 5.97 Å². The molecule has 0 aliphatic rings. The van der Waals surface area contributed by atoms with Gasteiger partial charge < -0.3 is 5.11 Å². The minimum absolute atomic E-state index is 0.764. The molecule has 1 rings (SSSR count). The molecule has 0 fully saturated rings. The number of rotatable bonds is 5. The van der Waals surface area contributed by atoms with Crippen LogP contribution < -0.4 is 0 Å². The summed E-state index contributed by atoms with van der Waals surface area (Å²) in [6.45, 7) is 3.92. The van der Waals surface area contributed by atoms with Crippen LogP contribution in [0.3, 0.4) is 0 Å². The molecular formula is C13H16O2S. The molecule has 0 amide bonds. The zero-order valence-electron chi connectivity index (χ0n) is 9.56. The van der Waals surface area contributed by atoms with Crippen LogP contribution >= 0.6 is 11.8 Å². The second kappa shape index (κ2) is 6.38. The monoisotopic (exact) mass is 236 g/mol. The summed E-state index contributed by atoms with van der Waals surface area (Å²) in [4.78, 5) is 10.4. The van der Waals surface area contributed by atoms with Gasteiger partial charge in [-0.05, 0) is 19.4 Å². The maximum Gasteiger partial charge on any atom is 0.328 e. The lowest BCUT2D eigenvalue weighted by Crippen LogP contribution is -1.92. The first-order chi connectivity index (χ1) is 7.58. The van der Waals surface area contributed by atoms with Crippen molar-refractivity contribution < 1.29 is 9.90 Å². The Morgan fingerprint density at radius 3 is 2.88 bits per heavy atom. The predicted molar refractivity (Wildman–Crippen MR) is 68.7 cm³/mol. The second-order valence-corrected chi connectivity index (χ2v) is 4.80. The van der Waals surface area contributed by atoms with E-state index in [1.807, 2.05) is 13.0 Å². The van der Waals surface area contributed by atoms with Crippen molar-refractivity contribution in [2.45, 2.75) is 19.6 Å². The topological polar surface area (TPSA) is 37.3 Å². The van der Waals surface area contributed by atoms with Crippen LogP contribution in [0.5, 0.6) is 0 Å². The molecule has 86 valence electrons. The van der Waals surface area contributed by atoms with Crippen LogP contribution in [0.15, 0.2) is 35.9 Å². The molecule has 0 heterocycles. The number of carbonyl (C=O) groups is 1. The minimum Gasteiger partial charge on any atom is -0.478 e. The molecule has 0 unspecified atom stereocenters. The van der Waals surface area contributed by atoms with E-state index in [0.29, 0.717) is 0 Å². The lowest BCUT2D eigenvalue weighted by Gasteiger charge is -2.03. The highest BCUT2D eigenvalue weighted by Gasteiger charge is 1.97. The molecule has 0 saturated heterocycles. The molecule has 0 spiro atoms. The normalized spacial score (nSPS) is 11.5. The van der Waals surface area contributed by atoms with Crippen molar-refractivity contribution in [1.82, 2.24) is 0 Å². The molecule has 0 aliphatic carbocycles. The van der Waals surface area contributed by atoms with Crippen molar-refractivity contribution in [2.75, 3.05) is 5.75 Å². The van der Waals surface area contributed by atoms with E-state index in [1.54, 1.807) is 11.8 Å². The van der Waals surface area contributed by atoms with E-state index < -0.39 is 5.97 Å². The summed E-state index contributed by atoms with van der Waals surface area (Å²) < 4.78 is 0. The lowest BCUT2D eigenvalue weighted by atomic mass is 10.2. The molecule has 16 heavy (non-hydrogen) atoms. The van der Waals surface area contributed by atoms with Gasteiger partial charge in [-0.25, -0.2) is 4.79 Å². The van der Waals surface area contributed by atoms with Crippen LogP contribution in [-0.4, -0.2) is 16.8 Å². The van der Waals surface area contributed by atoms with Crippen molar-refractivity contribution in [2.24, 2.45) is 0 Å². The first-order valence-corrected chi connectivity index (χ1v) is 6.27. The van der Waals surface area contributed by atoms with Gasteiger partial charge in [0.15, 0.2) is 0 Å². The Balaban J connectivity index is 2.39. The Hall–Kier alpha value is -1.22. The average molecular weight is 236 g/mol. The maximum atomic E-state index is 10.4. The smallest absolute Gasteiger partial charge is 0.328 e. The molecular weight excluding hydrogens is 220 g/mol. The van der Waals surface area contributed by atoms with E-state index in [2.05, 4.69) is 25.1 Å². The summed E-state index contributed by atoms with van der Waals surface area (Å²) in [5.74, 6) is 0.820. The fourth-order valence-corrected chi connectivity index (χ4v) is 2.31. The lowest BCUT2D eigenvalue weighted by molar-refractivity contribution is -0.131. The number of hydrogen-bond acceptors (Lipinski definition) is 2.